The molecule has 0 heterocycles. The van der Waals surface area contributed by atoms with Crippen molar-refractivity contribution >= 4 is 69.8 Å². The molecule has 0 saturated heterocycles. The molecule has 296 valence electrons. The highest BCUT2D eigenvalue weighted by atomic mass is 35.5. The van der Waals surface area contributed by atoms with Gasteiger partial charge in [-0.25, -0.2) is 9.59 Å². The first-order chi connectivity index (χ1) is 27.7. The predicted octanol–water partition coefficient (Wildman–Crippen LogP) is 10.5. The summed E-state index contributed by atoms with van der Waals surface area (Å²) in [6.07, 6.45) is 0. The summed E-state index contributed by atoms with van der Waals surface area (Å²) in [5.41, 5.74) is 2.32. The largest absolute Gasteiger partial charge is 0.505 e. The van der Waals surface area contributed by atoms with Gasteiger partial charge in [-0.15, -0.1) is 0 Å². The van der Waals surface area contributed by atoms with E-state index in [1.807, 2.05) is 43.3 Å². The molecule has 0 aliphatic rings. The number of phenols is 2. The lowest BCUT2D eigenvalue weighted by Gasteiger charge is -2.13. The third-order valence-corrected chi connectivity index (χ3v) is 10.8. The molecule has 0 amide bonds. The monoisotopic (exact) mass is 840 g/mol. The lowest BCUT2D eigenvalue weighted by atomic mass is 10.1. The number of rotatable bonds is 14. The molecule has 17 heteroatoms. The Kier molecular flexibility index (Phi) is 14.2. The molecule has 6 rings (SSSR count). The van der Waals surface area contributed by atoms with Crippen LogP contribution in [0, 0.1) is 27.2 Å². The van der Waals surface area contributed by atoms with Crippen molar-refractivity contribution in [3.63, 3.8) is 0 Å². The van der Waals surface area contributed by atoms with Crippen molar-refractivity contribution in [1.29, 1.82) is 0 Å². The van der Waals surface area contributed by atoms with Crippen LogP contribution in [0.5, 0.6) is 11.5 Å². The first-order valence-electron chi connectivity index (χ1n) is 17.0. The molecule has 0 aromatic heterocycles. The highest BCUT2D eigenvalue weighted by Gasteiger charge is 2.17. The van der Waals surface area contributed by atoms with Crippen molar-refractivity contribution in [2.75, 3.05) is 10.6 Å². The number of halogens is 1. The number of benzene rings is 6. The number of para-hydroxylation sites is 2. The Bertz CT molecular complexity index is 2310. The molecule has 0 unspecified atom stereocenters. The molecule has 0 atom stereocenters. The second-order valence-electron chi connectivity index (χ2n) is 12.3. The van der Waals surface area contributed by atoms with Gasteiger partial charge in [-0.2, -0.15) is 0 Å². The number of nitro benzene ring substituents is 2. The molecule has 6 aromatic carbocycles. The van der Waals surface area contributed by atoms with Crippen LogP contribution in [-0.2, 0) is 13.1 Å². The van der Waals surface area contributed by atoms with Gasteiger partial charge in [0.1, 0.15) is 11.1 Å². The maximum Gasteiger partial charge on any atom is 0.339 e. The molecule has 0 fully saturated rings. The van der Waals surface area contributed by atoms with Gasteiger partial charge in [0.2, 0.25) is 0 Å². The van der Waals surface area contributed by atoms with Crippen LogP contribution in [0.3, 0.4) is 0 Å². The van der Waals surface area contributed by atoms with Crippen LogP contribution >= 0.6 is 35.1 Å². The molecule has 58 heavy (non-hydrogen) atoms. The summed E-state index contributed by atoms with van der Waals surface area (Å²) in [6, 6.07) is 32.9. The van der Waals surface area contributed by atoms with Crippen LogP contribution in [0.4, 0.5) is 22.7 Å². The number of nitrogens with one attached hydrogen (secondary N) is 2. The fourth-order valence-electron chi connectivity index (χ4n) is 5.30. The topological polar surface area (TPSA) is 225 Å². The van der Waals surface area contributed by atoms with Crippen LogP contribution in [0.1, 0.15) is 37.4 Å². The SMILES string of the molecule is Cc1ccc(Sc2ccc([N+](=O)[O-])cc2CNc2cccc(C(=O)O)c2O)cc1.O=C(O)c1cccc(NCc2cc([N+](=O)[O-])ccc2Sc2ccc(Cl)cc2)c1O. The van der Waals surface area contributed by atoms with Crippen molar-refractivity contribution in [3.05, 3.63) is 174 Å². The van der Waals surface area contributed by atoms with E-state index in [1.165, 1.54) is 78.1 Å². The van der Waals surface area contributed by atoms with Gasteiger partial charge in [-0.3, -0.25) is 20.2 Å². The number of anilines is 2. The van der Waals surface area contributed by atoms with E-state index in [1.54, 1.807) is 30.3 Å². The lowest BCUT2D eigenvalue weighted by molar-refractivity contribution is -0.385. The van der Waals surface area contributed by atoms with Crippen molar-refractivity contribution < 1.29 is 39.9 Å². The third-order valence-electron chi connectivity index (χ3n) is 8.27. The zero-order chi connectivity index (χ0) is 41.9. The van der Waals surface area contributed by atoms with Crippen molar-refractivity contribution in [2.24, 2.45) is 0 Å². The highest BCUT2D eigenvalue weighted by Crippen LogP contribution is 2.36. The summed E-state index contributed by atoms with van der Waals surface area (Å²) < 4.78 is 0. The van der Waals surface area contributed by atoms with E-state index < -0.39 is 27.5 Å². The number of carboxylic acids is 2. The second kappa shape index (κ2) is 19.4. The minimum absolute atomic E-state index is 0.0430. The Morgan fingerprint density at radius 3 is 1.40 bits per heavy atom. The van der Waals surface area contributed by atoms with E-state index in [4.69, 9.17) is 21.8 Å². The fraction of sp³-hybridized carbons (Fsp3) is 0.0732. The second-order valence-corrected chi connectivity index (χ2v) is 15.0. The average Bonchev–Trinajstić information content (AvgIpc) is 3.19. The van der Waals surface area contributed by atoms with Crippen molar-refractivity contribution in [2.45, 2.75) is 39.6 Å². The third kappa shape index (κ3) is 11.2. The smallest absolute Gasteiger partial charge is 0.339 e. The van der Waals surface area contributed by atoms with Crippen LogP contribution in [0.25, 0.3) is 0 Å². The maximum atomic E-state index is 11.2. The zero-order valence-corrected chi connectivity index (χ0v) is 32.7. The summed E-state index contributed by atoms with van der Waals surface area (Å²) in [4.78, 5) is 47.2. The van der Waals surface area contributed by atoms with Crippen molar-refractivity contribution in [3.8, 4) is 11.5 Å². The van der Waals surface area contributed by atoms with Gasteiger partial charge in [-0.1, -0.05) is 65.0 Å². The number of non-ortho nitro benzene ring substituents is 2. The predicted molar refractivity (Wildman–Crippen MR) is 222 cm³/mol. The van der Waals surface area contributed by atoms with Crippen molar-refractivity contribution in [1.82, 2.24) is 0 Å². The number of hydrogen-bond donors (Lipinski definition) is 6. The number of nitrogens with zero attached hydrogens (tertiary/aromatic N) is 2. The molecule has 0 radical (unpaired) electrons. The van der Waals surface area contributed by atoms with Crippen LogP contribution in [0.15, 0.2) is 141 Å². The summed E-state index contributed by atoms with van der Waals surface area (Å²) in [6.45, 7) is 2.31. The molecule has 0 saturated carbocycles. The molecule has 6 N–H and O–H groups in total. The number of aromatic hydroxyl groups is 2. The van der Waals surface area contributed by atoms with E-state index >= 15 is 0 Å². The Labute approximate surface area is 344 Å². The van der Waals surface area contributed by atoms with Crippen LogP contribution < -0.4 is 10.6 Å². The van der Waals surface area contributed by atoms with Gasteiger partial charge in [0.25, 0.3) is 11.4 Å². The Morgan fingerprint density at radius 1 is 0.621 bits per heavy atom. The number of carbonyl (C=O) groups is 2. The lowest BCUT2D eigenvalue weighted by Crippen LogP contribution is -2.04. The summed E-state index contributed by atoms with van der Waals surface area (Å²) >= 11 is 8.79. The van der Waals surface area contributed by atoms with Gasteiger partial charge in [0, 0.05) is 62.0 Å². The first kappa shape index (κ1) is 42.4. The maximum absolute atomic E-state index is 11.2. The zero-order valence-electron chi connectivity index (χ0n) is 30.3. The quantitative estimate of drug-likeness (QED) is 0.0341. The number of aryl methyl sites for hydroxylation is 1. The molecule has 6 aromatic rings. The average molecular weight is 841 g/mol. The number of nitro groups is 2. The van der Waals surface area contributed by atoms with E-state index in [-0.39, 0.29) is 52.7 Å². The van der Waals surface area contributed by atoms with Gasteiger partial charge < -0.3 is 31.1 Å². The van der Waals surface area contributed by atoms with E-state index in [9.17, 15) is 40.0 Å². The van der Waals surface area contributed by atoms with E-state index in [2.05, 4.69) is 10.6 Å². The molecule has 0 aliphatic heterocycles. The van der Waals surface area contributed by atoms with Crippen LogP contribution in [0.2, 0.25) is 5.02 Å². The number of aromatic carboxylic acids is 2. The molecule has 0 aliphatic carbocycles. The summed E-state index contributed by atoms with van der Waals surface area (Å²) in [5, 5.41) is 67.4. The Morgan fingerprint density at radius 2 is 1.02 bits per heavy atom. The number of hydrogen-bond acceptors (Lipinski definition) is 12. The Hall–Kier alpha value is -6.75. The molecule has 14 nitrogen and oxygen atoms in total. The standard InChI is InChI=1S/C21H18N2O5S.C20H15ClN2O5S/c1-13-5-8-16(9-6-13)29-19-10-7-15(23(27)28)11-14(19)12-22-18-4-2-3-17(20(18)24)21(25)26;21-13-4-7-15(8-5-13)29-18-9-6-14(23(27)28)10-12(18)11-22-17-3-1-2-16(19(17)24)20(25)26/h2-11,22,24H,12H2,1H3,(H,25,26);1-10,22,24H,11H2,(H,25,26). The van der Waals surface area contributed by atoms with E-state index in [0.717, 1.165) is 25.1 Å². The molecule has 0 bridgehead atoms. The Balaban J connectivity index is 0.000000221. The molecular weight excluding hydrogens is 808 g/mol. The number of carboxylic acid groups (broad SMARTS) is 2. The van der Waals surface area contributed by atoms with Gasteiger partial charge in [0.05, 0.1) is 21.2 Å². The minimum atomic E-state index is -1.25. The summed E-state index contributed by atoms with van der Waals surface area (Å²) in [5.74, 6) is -3.26. The highest BCUT2D eigenvalue weighted by molar-refractivity contribution is 7.99. The summed E-state index contributed by atoms with van der Waals surface area (Å²) in [7, 11) is 0. The van der Waals surface area contributed by atoms with E-state index in [0.29, 0.717) is 16.1 Å². The van der Waals surface area contributed by atoms with Gasteiger partial charge in [-0.05, 0) is 90.8 Å². The molecule has 0 spiro atoms. The van der Waals surface area contributed by atoms with Gasteiger partial charge >= 0.3 is 11.9 Å². The minimum Gasteiger partial charge on any atom is -0.505 e. The first-order valence-corrected chi connectivity index (χ1v) is 19.0. The normalized spacial score (nSPS) is 10.5. The van der Waals surface area contributed by atoms with Gasteiger partial charge in [0.15, 0.2) is 11.5 Å². The fourth-order valence-corrected chi connectivity index (χ4v) is 7.27. The van der Waals surface area contributed by atoms with Crippen LogP contribution in [-0.4, -0.2) is 42.2 Å². The molecular formula is C41H33ClN4O10S2.